The Morgan fingerprint density at radius 2 is 1.67 bits per heavy atom. The van der Waals surface area contributed by atoms with Gasteiger partial charge in [-0.2, -0.15) is 0 Å². The van der Waals surface area contributed by atoms with Crippen LogP contribution in [0.4, 0.5) is 0 Å². The summed E-state index contributed by atoms with van der Waals surface area (Å²) in [5, 5.41) is 13.5. The molecule has 0 aliphatic rings. The first-order valence-corrected chi connectivity index (χ1v) is 4.92. The van der Waals surface area contributed by atoms with Gasteiger partial charge in [-0.05, 0) is 0 Å². The van der Waals surface area contributed by atoms with E-state index < -0.39 is 12.5 Å². The van der Waals surface area contributed by atoms with Crippen molar-refractivity contribution >= 4 is 11.8 Å². The summed E-state index contributed by atoms with van der Waals surface area (Å²) < 4.78 is 5.11. The molecule has 0 aliphatic heterocycles. The number of hydrogen-bond donors (Lipinski definition) is 3. The first-order chi connectivity index (χ1) is 7.20. The number of aliphatic hydroxyl groups excluding tert-OH is 1. The van der Waals surface area contributed by atoms with Crippen LogP contribution >= 0.6 is 0 Å². The smallest absolute Gasteiger partial charge is 0.245 e. The number of hydrogen-bond acceptors (Lipinski definition) is 4. The zero-order chi connectivity index (χ0) is 11.5. The van der Waals surface area contributed by atoms with Gasteiger partial charge in [0.2, 0.25) is 11.8 Å². The molecule has 0 bridgehead atoms. The summed E-state index contributed by atoms with van der Waals surface area (Å²) in [6, 6.07) is 0. The Morgan fingerprint density at radius 1 is 1.13 bits per heavy atom. The van der Waals surface area contributed by atoms with Crippen LogP contribution < -0.4 is 10.6 Å². The standard InChI is InChI=1S/C9H18N2O4/c1-2-8(13)10-3-5-15-6-4-11-9(14)7-12/h12H,2-7H2,1H3,(H,10,13)(H,11,14). The van der Waals surface area contributed by atoms with E-state index in [0.29, 0.717) is 32.7 Å². The zero-order valence-electron chi connectivity index (χ0n) is 8.91. The maximum atomic E-state index is 10.8. The number of carbonyl (C=O) groups excluding carboxylic acids is 2. The van der Waals surface area contributed by atoms with E-state index in [-0.39, 0.29) is 5.91 Å². The van der Waals surface area contributed by atoms with Gasteiger partial charge in [-0.25, -0.2) is 0 Å². The van der Waals surface area contributed by atoms with Crippen LogP contribution in [0.1, 0.15) is 13.3 Å². The maximum Gasteiger partial charge on any atom is 0.245 e. The lowest BCUT2D eigenvalue weighted by atomic mass is 10.4. The van der Waals surface area contributed by atoms with Crippen molar-refractivity contribution in [2.45, 2.75) is 13.3 Å². The molecule has 0 aromatic rings. The highest BCUT2D eigenvalue weighted by atomic mass is 16.5. The Hall–Kier alpha value is -1.14. The normalized spacial score (nSPS) is 9.73. The Labute approximate surface area is 89.0 Å². The minimum absolute atomic E-state index is 0.00724. The molecule has 0 atom stereocenters. The molecule has 0 radical (unpaired) electrons. The monoisotopic (exact) mass is 218 g/mol. The molecule has 3 N–H and O–H groups in total. The molecule has 0 unspecified atom stereocenters. The quantitative estimate of drug-likeness (QED) is 0.439. The Bertz CT molecular complexity index is 177. The molecular formula is C9H18N2O4. The van der Waals surface area contributed by atoms with Crippen molar-refractivity contribution in [2.24, 2.45) is 0 Å². The molecule has 0 spiro atoms. The van der Waals surface area contributed by atoms with Gasteiger partial charge in [-0.1, -0.05) is 6.92 Å². The van der Waals surface area contributed by atoms with Crippen LogP contribution in [-0.4, -0.2) is 49.8 Å². The van der Waals surface area contributed by atoms with Gasteiger partial charge in [0.05, 0.1) is 13.2 Å². The maximum absolute atomic E-state index is 10.8. The molecule has 0 fully saturated rings. The summed E-state index contributed by atoms with van der Waals surface area (Å²) in [5.41, 5.74) is 0. The third-order valence-corrected chi connectivity index (χ3v) is 1.60. The number of carbonyl (C=O) groups is 2. The summed E-state index contributed by atoms with van der Waals surface area (Å²) in [6.07, 6.45) is 0.465. The van der Waals surface area contributed by atoms with E-state index >= 15 is 0 Å². The molecular weight excluding hydrogens is 200 g/mol. The van der Waals surface area contributed by atoms with Gasteiger partial charge >= 0.3 is 0 Å². The highest BCUT2D eigenvalue weighted by Gasteiger charge is 1.97. The van der Waals surface area contributed by atoms with Crippen LogP contribution in [0.25, 0.3) is 0 Å². The topological polar surface area (TPSA) is 87.7 Å². The van der Waals surface area contributed by atoms with Crippen molar-refractivity contribution in [3.63, 3.8) is 0 Å². The van der Waals surface area contributed by atoms with E-state index in [1.54, 1.807) is 6.92 Å². The van der Waals surface area contributed by atoms with Gasteiger partial charge in [0.15, 0.2) is 0 Å². The number of ether oxygens (including phenoxy) is 1. The lowest BCUT2D eigenvalue weighted by Gasteiger charge is -2.06. The van der Waals surface area contributed by atoms with E-state index in [0.717, 1.165) is 0 Å². The van der Waals surface area contributed by atoms with E-state index in [4.69, 9.17) is 9.84 Å². The third-order valence-electron chi connectivity index (χ3n) is 1.60. The average molecular weight is 218 g/mol. The highest BCUT2D eigenvalue weighted by molar-refractivity contribution is 5.76. The molecule has 0 heterocycles. The predicted molar refractivity (Wildman–Crippen MR) is 54.2 cm³/mol. The van der Waals surface area contributed by atoms with Gasteiger partial charge in [-0.3, -0.25) is 9.59 Å². The first-order valence-electron chi connectivity index (χ1n) is 4.92. The lowest BCUT2D eigenvalue weighted by molar-refractivity contribution is -0.124. The molecule has 0 aliphatic carbocycles. The molecule has 0 rings (SSSR count). The molecule has 0 aromatic carbocycles. The van der Waals surface area contributed by atoms with Crippen molar-refractivity contribution < 1.29 is 19.4 Å². The van der Waals surface area contributed by atoms with Crippen LogP contribution in [0.3, 0.4) is 0 Å². The number of nitrogens with one attached hydrogen (secondary N) is 2. The second-order valence-electron chi connectivity index (χ2n) is 2.82. The largest absolute Gasteiger partial charge is 0.387 e. The molecule has 2 amide bonds. The summed E-state index contributed by atoms with van der Waals surface area (Å²) in [5.74, 6) is -0.426. The Kier molecular flexibility index (Phi) is 8.70. The van der Waals surface area contributed by atoms with E-state index in [1.807, 2.05) is 0 Å². The minimum Gasteiger partial charge on any atom is -0.387 e. The van der Waals surface area contributed by atoms with Crippen LogP contribution in [0.5, 0.6) is 0 Å². The Balaban J connectivity index is 3.11. The van der Waals surface area contributed by atoms with Crippen molar-refractivity contribution in [3.05, 3.63) is 0 Å². The van der Waals surface area contributed by atoms with Gasteiger partial charge in [-0.15, -0.1) is 0 Å². The molecule has 88 valence electrons. The molecule has 15 heavy (non-hydrogen) atoms. The summed E-state index contributed by atoms with van der Waals surface area (Å²) >= 11 is 0. The van der Waals surface area contributed by atoms with Crippen molar-refractivity contribution in [2.75, 3.05) is 32.9 Å². The van der Waals surface area contributed by atoms with Crippen LogP contribution in [0.2, 0.25) is 0 Å². The molecule has 0 aromatic heterocycles. The van der Waals surface area contributed by atoms with Gasteiger partial charge < -0.3 is 20.5 Å². The second kappa shape index (κ2) is 9.42. The van der Waals surface area contributed by atoms with Gasteiger partial charge in [0.1, 0.15) is 6.61 Å². The molecule has 0 saturated heterocycles. The zero-order valence-corrected chi connectivity index (χ0v) is 8.91. The van der Waals surface area contributed by atoms with Crippen LogP contribution in [-0.2, 0) is 14.3 Å². The molecule has 6 heteroatoms. The number of aliphatic hydroxyl groups is 1. The average Bonchev–Trinajstić information content (AvgIpc) is 2.26. The Morgan fingerprint density at radius 3 is 2.13 bits per heavy atom. The van der Waals surface area contributed by atoms with Gasteiger partial charge in [0.25, 0.3) is 0 Å². The highest BCUT2D eigenvalue weighted by Crippen LogP contribution is 1.76. The molecule has 0 saturated carbocycles. The fraction of sp³-hybridized carbons (Fsp3) is 0.778. The van der Waals surface area contributed by atoms with Crippen molar-refractivity contribution in [1.29, 1.82) is 0 Å². The van der Waals surface area contributed by atoms with E-state index in [9.17, 15) is 9.59 Å². The van der Waals surface area contributed by atoms with E-state index in [1.165, 1.54) is 0 Å². The fourth-order valence-electron chi connectivity index (χ4n) is 0.808. The SMILES string of the molecule is CCC(=O)NCCOCCNC(=O)CO. The van der Waals surface area contributed by atoms with Gasteiger partial charge in [0, 0.05) is 19.5 Å². The summed E-state index contributed by atoms with van der Waals surface area (Å²) in [7, 11) is 0. The fourth-order valence-corrected chi connectivity index (χ4v) is 0.808. The molecule has 6 nitrogen and oxygen atoms in total. The summed E-state index contributed by atoms with van der Waals surface area (Å²) in [4.78, 5) is 21.3. The van der Waals surface area contributed by atoms with Crippen LogP contribution in [0, 0.1) is 0 Å². The number of rotatable bonds is 8. The lowest BCUT2D eigenvalue weighted by Crippen LogP contribution is -2.31. The summed E-state index contributed by atoms with van der Waals surface area (Å²) in [6.45, 7) is 2.89. The first kappa shape index (κ1) is 13.9. The minimum atomic E-state index is -0.507. The third kappa shape index (κ3) is 9.17. The van der Waals surface area contributed by atoms with E-state index in [2.05, 4.69) is 10.6 Å². The van der Waals surface area contributed by atoms with Crippen molar-refractivity contribution in [1.82, 2.24) is 10.6 Å². The van der Waals surface area contributed by atoms with Crippen molar-refractivity contribution in [3.8, 4) is 0 Å². The van der Waals surface area contributed by atoms with Crippen LogP contribution in [0.15, 0.2) is 0 Å². The predicted octanol–water partition coefficient (Wildman–Crippen LogP) is -1.36. The second-order valence-corrected chi connectivity index (χ2v) is 2.82. The number of amides is 2.